The maximum atomic E-state index is 12.8. The van der Waals surface area contributed by atoms with Crippen LogP contribution in [-0.4, -0.2) is 63.2 Å². The second kappa shape index (κ2) is 12.6. The molecular weight excluding hydrogens is 527 g/mol. The lowest BCUT2D eigenvalue weighted by molar-refractivity contribution is -0.135. The van der Waals surface area contributed by atoms with Crippen molar-refractivity contribution in [2.45, 2.75) is 56.4 Å². The number of aliphatic imine (C=N–C) groups is 1. The molecule has 7 nitrogen and oxygen atoms in total. The Morgan fingerprint density at radius 3 is 2.52 bits per heavy atom. The number of guanidine groups is 1. The van der Waals surface area contributed by atoms with Crippen LogP contribution in [0.1, 0.15) is 45.4 Å². The van der Waals surface area contributed by atoms with Crippen LogP contribution < -0.4 is 10.6 Å². The Balaban J connectivity index is 0.00000341. The Labute approximate surface area is 203 Å². The molecule has 31 heavy (non-hydrogen) atoms. The van der Waals surface area contributed by atoms with Crippen LogP contribution in [0.2, 0.25) is 0 Å². The summed E-state index contributed by atoms with van der Waals surface area (Å²) >= 11 is 0. The number of benzene rings is 1. The summed E-state index contributed by atoms with van der Waals surface area (Å²) in [6.07, 6.45) is 6.49. The first-order valence-corrected chi connectivity index (χ1v) is 12.8. The molecule has 2 aliphatic rings. The van der Waals surface area contributed by atoms with E-state index in [1.807, 2.05) is 11.8 Å². The number of amides is 1. The molecule has 1 saturated heterocycles. The van der Waals surface area contributed by atoms with E-state index in [1.54, 1.807) is 30.3 Å². The highest BCUT2D eigenvalue weighted by Crippen LogP contribution is 2.26. The fourth-order valence-electron chi connectivity index (χ4n) is 4.22. The van der Waals surface area contributed by atoms with E-state index >= 15 is 0 Å². The van der Waals surface area contributed by atoms with Gasteiger partial charge in [0.1, 0.15) is 0 Å². The highest BCUT2D eigenvalue weighted by atomic mass is 127. The molecule has 1 aliphatic heterocycles. The first kappa shape index (κ1) is 25.9. The molecule has 1 aromatic rings. The summed E-state index contributed by atoms with van der Waals surface area (Å²) in [6, 6.07) is 8.61. The van der Waals surface area contributed by atoms with Crippen LogP contribution in [0.25, 0.3) is 0 Å². The Morgan fingerprint density at radius 1 is 1.13 bits per heavy atom. The van der Waals surface area contributed by atoms with E-state index < -0.39 is 9.84 Å². The van der Waals surface area contributed by atoms with E-state index in [4.69, 9.17) is 0 Å². The van der Waals surface area contributed by atoms with Gasteiger partial charge in [-0.25, -0.2) is 8.42 Å². The number of nitrogens with one attached hydrogen (secondary N) is 2. The molecule has 1 aromatic carbocycles. The number of nitrogens with zero attached hydrogens (tertiary/aromatic N) is 2. The molecule has 0 spiro atoms. The largest absolute Gasteiger partial charge is 0.357 e. The smallest absolute Gasteiger partial charge is 0.225 e. The Bertz CT molecular complexity index is 826. The molecule has 2 N–H and O–H groups in total. The highest BCUT2D eigenvalue weighted by Gasteiger charge is 2.31. The van der Waals surface area contributed by atoms with Crippen molar-refractivity contribution >= 4 is 45.7 Å². The molecule has 2 fully saturated rings. The van der Waals surface area contributed by atoms with Gasteiger partial charge in [-0.2, -0.15) is 0 Å². The fraction of sp³-hybridized carbons (Fsp3) is 0.636. The van der Waals surface area contributed by atoms with Crippen molar-refractivity contribution in [3.8, 4) is 0 Å². The average molecular weight is 563 g/mol. The lowest BCUT2D eigenvalue weighted by Gasteiger charge is -2.26. The molecule has 1 amide bonds. The first-order valence-electron chi connectivity index (χ1n) is 11.1. The number of likely N-dealkylation sites (tertiary alicyclic amines) is 1. The number of carbonyl (C=O) groups is 1. The standard InChI is InChI=1S/C22H34N4O3S.HI/c1-2-23-22(24-14-16-30(28,29)20-11-7-4-8-12-20)25-19-13-15-26(17-19)21(27)18-9-5-3-6-10-18;/h4,7-8,11-12,18-19H,2-3,5-6,9-10,13-17H2,1H3,(H2,23,24,25);1H. The SMILES string of the molecule is CCNC(=NCCS(=O)(=O)c1ccccc1)NC1CCN(C(=O)C2CCCCC2)C1.I. The van der Waals surface area contributed by atoms with Crippen LogP contribution in [-0.2, 0) is 14.6 Å². The van der Waals surface area contributed by atoms with E-state index in [-0.39, 0.29) is 48.2 Å². The Hall–Kier alpha value is -1.36. The van der Waals surface area contributed by atoms with Gasteiger partial charge in [0.2, 0.25) is 5.91 Å². The number of hydrogen-bond donors (Lipinski definition) is 2. The maximum Gasteiger partial charge on any atom is 0.225 e. The second-order valence-corrected chi connectivity index (χ2v) is 10.3. The molecule has 1 aliphatic carbocycles. The minimum atomic E-state index is -3.35. The lowest BCUT2D eigenvalue weighted by atomic mass is 9.88. The molecular formula is C22H35IN4O3S. The second-order valence-electron chi connectivity index (χ2n) is 8.14. The third kappa shape index (κ3) is 7.62. The predicted molar refractivity (Wildman–Crippen MR) is 135 cm³/mol. The Morgan fingerprint density at radius 2 is 1.84 bits per heavy atom. The zero-order valence-electron chi connectivity index (χ0n) is 18.3. The first-order chi connectivity index (χ1) is 14.5. The van der Waals surface area contributed by atoms with Gasteiger partial charge < -0.3 is 15.5 Å². The quantitative estimate of drug-likeness (QED) is 0.303. The topological polar surface area (TPSA) is 90.9 Å². The normalized spacial score (nSPS) is 20.2. The minimum absolute atomic E-state index is 0. The van der Waals surface area contributed by atoms with Gasteiger partial charge in [0.25, 0.3) is 0 Å². The number of halogens is 1. The predicted octanol–water partition coefficient (Wildman–Crippen LogP) is 2.81. The fourth-order valence-corrected chi connectivity index (χ4v) is 5.36. The van der Waals surface area contributed by atoms with E-state index in [0.717, 1.165) is 38.6 Å². The van der Waals surface area contributed by atoms with Crippen molar-refractivity contribution in [3.05, 3.63) is 30.3 Å². The van der Waals surface area contributed by atoms with Crippen molar-refractivity contribution in [2.24, 2.45) is 10.9 Å². The van der Waals surface area contributed by atoms with Gasteiger partial charge in [-0.05, 0) is 38.3 Å². The van der Waals surface area contributed by atoms with Crippen LogP contribution >= 0.6 is 24.0 Å². The zero-order chi connectivity index (χ0) is 21.4. The van der Waals surface area contributed by atoms with Gasteiger partial charge in [0.15, 0.2) is 15.8 Å². The number of sulfone groups is 1. The highest BCUT2D eigenvalue weighted by molar-refractivity contribution is 14.0. The molecule has 9 heteroatoms. The van der Waals surface area contributed by atoms with E-state index in [1.165, 1.54) is 6.42 Å². The number of rotatable bonds is 7. The van der Waals surface area contributed by atoms with Crippen molar-refractivity contribution in [1.29, 1.82) is 0 Å². The van der Waals surface area contributed by atoms with Gasteiger partial charge in [0.05, 0.1) is 17.2 Å². The molecule has 0 radical (unpaired) electrons. The summed E-state index contributed by atoms with van der Waals surface area (Å²) in [4.78, 5) is 19.5. The van der Waals surface area contributed by atoms with Crippen LogP contribution in [0.3, 0.4) is 0 Å². The summed E-state index contributed by atoms with van der Waals surface area (Å²) in [5, 5.41) is 6.56. The third-order valence-electron chi connectivity index (χ3n) is 5.87. The minimum Gasteiger partial charge on any atom is -0.357 e. The van der Waals surface area contributed by atoms with Crippen molar-refractivity contribution < 1.29 is 13.2 Å². The molecule has 1 unspecified atom stereocenters. The van der Waals surface area contributed by atoms with Crippen molar-refractivity contribution in [1.82, 2.24) is 15.5 Å². The molecule has 1 atom stereocenters. The summed E-state index contributed by atoms with van der Waals surface area (Å²) in [6.45, 7) is 4.31. The van der Waals surface area contributed by atoms with Gasteiger partial charge in [-0.1, -0.05) is 37.5 Å². The number of hydrogen-bond acceptors (Lipinski definition) is 4. The third-order valence-corrected chi connectivity index (χ3v) is 7.58. The van der Waals surface area contributed by atoms with E-state index in [9.17, 15) is 13.2 Å². The summed E-state index contributed by atoms with van der Waals surface area (Å²) in [5.74, 6) is 1.07. The van der Waals surface area contributed by atoms with Crippen molar-refractivity contribution in [3.63, 3.8) is 0 Å². The van der Waals surface area contributed by atoms with E-state index in [2.05, 4.69) is 15.6 Å². The van der Waals surface area contributed by atoms with Gasteiger partial charge in [-0.3, -0.25) is 9.79 Å². The molecule has 174 valence electrons. The summed E-state index contributed by atoms with van der Waals surface area (Å²) in [7, 11) is -3.35. The monoisotopic (exact) mass is 562 g/mol. The van der Waals surface area contributed by atoms with Gasteiger partial charge in [-0.15, -0.1) is 24.0 Å². The van der Waals surface area contributed by atoms with E-state index in [0.29, 0.717) is 29.9 Å². The molecule has 0 aromatic heterocycles. The molecule has 1 heterocycles. The molecule has 3 rings (SSSR count). The van der Waals surface area contributed by atoms with Gasteiger partial charge in [0, 0.05) is 31.6 Å². The molecule has 0 bridgehead atoms. The van der Waals surface area contributed by atoms with Crippen LogP contribution in [0, 0.1) is 5.92 Å². The lowest BCUT2D eigenvalue weighted by Crippen LogP contribution is -2.45. The molecule has 1 saturated carbocycles. The summed E-state index contributed by atoms with van der Waals surface area (Å²) in [5.41, 5.74) is 0. The maximum absolute atomic E-state index is 12.8. The zero-order valence-corrected chi connectivity index (χ0v) is 21.4. The van der Waals surface area contributed by atoms with Crippen LogP contribution in [0.4, 0.5) is 0 Å². The average Bonchev–Trinajstić information content (AvgIpc) is 3.23. The Kier molecular flexibility index (Phi) is 10.5. The van der Waals surface area contributed by atoms with Crippen molar-refractivity contribution in [2.75, 3.05) is 31.9 Å². The van der Waals surface area contributed by atoms with Crippen LogP contribution in [0.15, 0.2) is 40.2 Å². The van der Waals surface area contributed by atoms with Gasteiger partial charge >= 0.3 is 0 Å². The van der Waals surface area contributed by atoms with Crippen LogP contribution in [0.5, 0.6) is 0 Å². The number of carbonyl (C=O) groups excluding carboxylic acids is 1. The summed E-state index contributed by atoms with van der Waals surface area (Å²) < 4.78 is 24.9.